The Kier molecular flexibility index (Phi) is 6.99. The third-order valence-electron chi connectivity index (χ3n) is 4.02. The maximum atomic E-state index is 12.2. The Morgan fingerprint density at radius 2 is 1.74 bits per heavy atom. The highest BCUT2D eigenvalue weighted by Gasteiger charge is 2.12. The molecule has 0 spiro atoms. The van der Waals surface area contributed by atoms with Crippen LogP contribution in [0.1, 0.15) is 5.56 Å². The first-order valence-corrected chi connectivity index (χ1v) is 8.26. The molecule has 0 fully saturated rings. The van der Waals surface area contributed by atoms with Gasteiger partial charge in [-0.05, 0) is 36.2 Å². The summed E-state index contributed by atoms with van der Waals surface area (Å²) in [6.45, 7) is 0.373. The minimum absolute atomic E-state index is 0.0271. The molecule has 1 amide bonds. The molecule has 0 saturated carbocycles. The van der Waals surface area contributed by atoms with Gasteiger partial charge in [0.1, 0.15) is 5.75 Å². The Bertz CT molecular complexity index is 791. The third-order valence-corrected chi connectivity index (χ3v) is 4.02. The van der Waals surface area contributed by atoms with Crippen LogP contribution in [-0.2, 0) is 11.2 Å². The first kappa shape index (κ1) is 20.0. The van der Waals surface area contributed by atoms with Gasteiger partial charge in [-0.1, -0.05) is 6.07 Å². The van der Waals surface area contributed by atoms with Crippen LogP contribution in [0.5, 0.6) is 17.2 Å². The zero-order valence-electron chi connectivity index (χ0n) is 15.5. The number of ether oxygens (including phenoxy) is 3. The van der Waals surface area contributed by atoms with E-state index in [9.17, 15) is 14.9 Å². The number of nitrogens with zero attached hydrogens (tertiary/aromatic N) is 2. The summed E-state index contributed by atoms with van der Waals surface area (Å²) in [5, 5.41) is 10.6. The number of likely N-dealkylation sites (N-methyl/N-ethyl adjacent to an activating group) is 1. The van der Waals surface area contributed by atoms with Gasteiger partial charge in [-0.3, -0.25) is 14.9 Å². The SMILES string of the molecule is COc1ccc(CCN(C)C(=O)COc2ccc([N+](=O)[O-])cc2)cc1OC. The normalized spacial score (nSPS) is 10.2. The number of non-ortho nitro benzene ring substituents is 1. The number of carbonyl (C=O) groups is 1. The second kappa shape index (κ2) is 9.42. The largest absolute Gasteiger partial charge is 0.493 e. The molecule has 0 bridgehead atoms. The van der Waals surface area contributed by atoms with Crippen LogP contribution in [-0.4, -0.2) is 50.1 Å². The maximum absolute atomic E-state index is 12.2. The summed E-state index contributed by atoms with van der Waals surface area (Å²) < 4.78 is 15.9. The van der Waals surface area contributed by atoms with Crippen LogP contribution in [0.4, 0.5) is 5.69 Å². The van der Waals surface area contributed by atoms with Crippen molar-refractivity contribution in [3.8, 4) is 17.2 Å². The summed E-state index contributed by atoms with van der Waals surface area (Å²) in [6, 6.07) is 11.2. The van der Waals surface area contributed by atoms with Crippen LogP contribution in [0.2, 0.25) is 0 Å². The number of methoxy groups -OCH3 is 2. The molecular formula is C19H22N2O6. The molecule has 27 heavy (non-hydrogen) atoms. The average molecular weight is 374 g/mol. The number of amides is 1. The van der Waals surface area contributed by atoms with Crippen molar-refractivity contribution in [2.45, 2.75) is 6.42 Å². The molecule has 0 aromatic heterocycles. The lowest BCUT2D eigenvalue weighted by atomic mass is 10.1. The van der Waals surface area contributed by atoms with Gasteiger partial charge in [0.25, 0.3) is 11.6 Å². The van der Waals surface area contributed by atoms with E-state index in [1.54, 1.807) is 26.2 Å². The minimum atomic E-state index is -0.489. The third kappa shape index (κ3) is 5.60. The van der Waals surface area contributed by atoms with Gasteiger partial charge in [-0.2, -0.15) is 0 Å². The van der Waals surface area contributed by atoms with E-state index in [0.717, 1.165) is 5.56 Å². The lowest BCUT2D eigenvalue weighted by Gasteiger charge is -2.18. The Labute approximate surface area is 157 Å². The van der Waals surface area contributed by atoms with Gasteiger partial charge < -0.3 is 19.1 Å². The lowest BCUT2D eigenvalue weighted by Crippen LogP contribution is -2.33. The number of benzene rings is 2. The van der Waals surface area contributed by atoms with Crippen LogP contribution in [0.3, 0.4) is 0 Å². The van der Waals surface area contributed by atoms with Crippen molar-refractivity contribution < 1.29 is 23.9 Å². The Balaban J connectivity index is 1.84. The van der Waals surface area contributed by atoms with Crippen LogP contribution in [0, 0.1) is 10.1 Å². The van der Waals surface area contributed by atoms with E-state index in [2.05, 4.69) is 0 Å². The van der Waals surface area contributed by atoms with Crippen molar-refractivity contribution in [2.75, 3.05) is 34.4 Å². The molecule has 0 heterocycles. The number of rotatable bonds is 9. The van der Waals surface area contributed by atoms with Crippen molar-refractivity contribution in [2.24, 2.45) is 0 Å². The zero-order valence-corrected chi connectivity index (χ0v) is 15.5. The van der Waals surface area contributed by atoms with Gasteiger partial charge in [0.2, 0.25) is 0 Å². The molecule has 2 rings (SSSR count). The monoisotopic (exact) mass is 374 g/mol. The number of hydrogen-bond donors (Lipinski definition) is 0. The van der Waals surface area contributed by atoms with Crippen LogP contribution >= 0.6 is 0 Å². The van der Waals surface area contributed by atoms with Gasteiger partial charge in [0.15, 0.2) is 18.1 Å². The van der Waals surface area contributed by atoms with E-state index in [1.807, 2.05) is 18.2 Å². The highest BCUT2D eigenvalue weighted by atomic mass is 16.6. The number of nitro groups is 1. The molecule has 2 aromatic rings. The van der Waals surface area contributed by atoms with Crippen molar-refractivity contribution >= 4 is 11.6 Å². The van der Waals surface area contributed by atoms with Crippen LogP contribution in [0.25, 0.3) is 0 Å². The minimum Gasteiger partial charge on any atom is -0.493 e. The predicted molar refractivity (Wildman–Crippen MR) is 99.5 cm³/mol. The molecule has 8 heteroatoms. The van der Waals surface area contributed by atoms with Gasteiger partial charge in [0, 0.05) is 25.7 Å². The molecule has 0 radical (unpaired) electrons. The van der Waals surface area contributed by atoms with Crippen LogP contribution < -0.4 is 14.2 Å². The highest BCUT2D eigenvalue weighted by molar-refractivity contribution is 5.77. The fourth-order valence-electron chi connectivity index (χ4n) is 2.38. The first-order valence-electron chi connectivity index (χ1n) is 8.26. The molecule has 144 valence electrons. The summed E-state index contributed by atoms with van der Waals surface area (Å²) in [6.07, 6.45) is 0.653. The van der Waals surface area contributed by atoms with E-state index in [0.29, 0.717) is 30.2 Å². The molecule has 0 aliphatic rings. The van der Waals surface area contributed by atoms with Crippen molar-refractivity contribution in [1.29, 1.82) is 0 Å². The quantitative estimate of drug-likeness (QED) is 0.495. The summed E-state index contributed by atoms with van der Waals surface area (Å²) in [5.41, 5.74) is 0.990. The number of nitro benzene ring substituents is 1. The van der Waals surface area contributed by atoms with Gasteiger partial charge in [-0.25, -0.2) is 0 Å². The Morgan fingerprint density at radius 1 is 1.07 bits per heavy atom. The summed E-state index contributed by atoms with van der Waals surface area (Å²) in [4.78, 5) is 23.9. The maximum Gasteiger partial charge on any atom is 0.269 e. The average Bonchev–Trinajstić information content (AvgIpc) is 2.70. The molecule has 0 aliphatic heterocycles. The first-order chi connectivity index (χ1) is 12.9. The van der Waals surface area contributed by atoms with Gasteiger partial charge in [0.05, 0.1) is 19.1 Å². The molecular weight excluding hydrogens is 352 g/mol. The van der Waals surface area contributed by atoms with Crippen molar-refractivity contribution in [1.82, 2.24) is 4.90 Å². The zero-order chi connectivity index (χ0) is 19.8. The highest BCUT2D eigenvalue weighted by Crippen LogP contribution is 2.27. The molecule has 0 atom stereocenters. The molecule has 0 saturated heterocycles. The van der Waals surface area contributed by atoms with Gasteiger partial charge >= 0.3 is 0 Å². The van der Waals surface area contributed by atoms with E-state index in [1.165, 1.54) is 24.3 Å². The van der Waals surface area contributed by atoms with Crippen molar-refractivity contribution in [3.05, 3.63) is 58.1 Å². The Hall–Kier alpha value is -3.29. The molecule has 8 nitrogen and oxygen atoms in total. The fraction of sp³-hybridized carbons (Fsp3) is 0.316. The second-order valence-electron chi connectivity index (χ2n) is 5.79. The van der Waals surface area contributed by atoms with E-state index < -0.39 is 4.92 Å². The molecule has 0 unspecified atom stereocenters. The number of hydrogen-bond acceptors (Lipinski definition) is 6. The standard InChI is InChI=1S/C19H22N2O6/c1-20(11-10-14-4-9-17(25-2)18(12-14)26-3)19(22)13-27-16-7-5-15(6-8-16)21(23)24/h4-9,12H,10-11,13H2,1-3H3. The smallest absolute Gasteiger partial charge is 0.269 e. The lowest BCUT2D eigenvalue weighted by molar-refractivity contribution is -0.384. The second-order valence-corrected chi connectivity index (χ2v) is 5.79. The Morgan fingerprint density at radius 3 is 2.33 bits per heavy atom. The topological polar surface area (TPSA) is 91.1 Å². The van der Waals surface area contributed by atoms with E-state index in [-0.39, 0.29) is 18.2 Å². The molecule has 2 aromatic carbocycles. The molecule has 0 aliphatic carbocycles. The van der Waals surface area contributed by atoms with Crippen LogP contribution in [0.15, 0.2) is 42.5 Å². The summed E-state index contributed by atoms with van der Waals surface area (Å²) >= 11 is 0. The predicted octanol–water partition coefficient (Wildman–Crippen LogP) is 2.69. The fourth-order valence-corrected chi connectivity index (χ4v) is 2.38. The number of carbonyl (C=O) groups excluding carboxylic acids is 1. The van der Waals surface area contributed by atoms with Gasteiger partial charge in [-0.15, -0.1) is 0 Å². The molecule has 0 N–H and O–H groups in total. The summed E-state index contributed by atoms with van der Waals surface area (Å²) in [7, 11) is 4.85. The van der Waals surface area contributed by atoms with E-state index >= 15 is 0 Å². The van der Waals surface area contributed by atoms with E-state index in [4.69, 9.17) is 14.2 Å². The van der Waals surface area contributed by atoms with Crippen molar-refractivity contribution in [3.63, 3.8) is 0 Å². The summed E-state index contributed by atoms with van der Waals surface area (Å²) in [5.74, 6) is 1.52.